The second-order valence-corrected chi connectivity index (χ2v) is 5.53. The van der Waals surface area contributed by atoms with Crippen molar-refractivity contribution in [3.63, 3.8) is 0 Å². The van der Waals surface area contributed by atoms with Crippen molar-refractivity contribution in [2.75, 3.05) is 12.8 Å². The molecule has 0 saturated carbocycles. The third-order valence-electron chi connectivity index (χ3n) is 2.86. The van der Waals surface area contributed by atoms with Gasteiger partial charge in [-0.2, -0.15) is 0 Å². The van der Waals surface area contributed by atoms with Crippen LogP contribution >= 0.6 is 11.8 Å². The van der Waals surface area contributed by atoms with Crippen molar-refractivity contribution in [1.29, 1.82) is 0 Å². The molecule has 0 fully saturated rings. The first-order valence-corrected chi connectivity index (χ1v) is 7.30. The van der Waals surface area contributed by atoms with Crippen molar-refractivity contribution in [3.05, 3.63) is 66.0 Å². The molecule has 0 aliphatic carbocycles. The normalized spacial score (nSPS) is 10.3. The van der Waals surface area contributed by atoms with Gasteiger partial charge in [-0.05, 0) is 29.8 Å². The molecule has 0 heterocycles. The maximum atomic E-state index is 12.8. The van der Waals surface area contributed by atoms with E-state index in [1.807, 2.05) is 30.3 Å². The Hall–Kier alpha value is -1.81. The van der Waals surface area contributed by atoms with Crippen LogP contribution in [0.1, 0.15) is 5.56 Å². The van der Waals surface area contributed by atoms with Crippen LogP contribution in [0.4, 0.5) is 4.39 Å². The molecule has 1 amide bonds. The Kier molecular flexibility index (Phi) is 5.18. The second kappa shape index (κ2) is 7.10. The molecule has 0 aromatic heterocycles. The number of amides is 1. The van der Waals surface area contributed by atoms with Gasteiger partial charge in [0.1, 0.15) is 5.82 Å². The average Bonchev–Trinajstić information content (AvgIpc) is 2.47. The van der Waals surface area contributed by atoms with Crippen LogP contribution in [0.5, 0.6) is 0 Å². The van der Waals surface area contributed by atoms with Gasteiger partial charge in [0.2, 0.25) is 5.91 Å². The summed E-state index contributed by atoms with van der Waals surface area (Å²) in [6.07, 6.45) is 0. The standard InChI is InChI=1S/C16H16FNOS/c1-18(11-13-5-3-2-4-6-13)16(19)12-20-15-9-7-14(17)8-10-15/h2-10H,11-12H2,1H3. The Labute approximate surface area is 122 Å². The van der Waals surface area contributed by atoms with Gasteiger partial charge in [-0.15, -0.1) is 11.8 Å². The maximum absolute atomic E-state index is 12.8. The SMILES string of the molecule is CN(Cc1ccccc1)C(=O)CSc1ccc(F)cc1. The molecule has 2 nitrogen and oxygen atoms in total. The molecule has 2 rings (SSSR count). The Morgan fingerprint density at radius 2 is 1.75 bits per heavy atom. The van der Waals surface area contributed by atoms with Gasteiger partial charge in [0.25, 0.3) is 0 Å². The summed E-state index contributed by atoms with van der Waals surface area (Å²) in [5.41, 5.74) is 1.11. The molecule has 2 aromatic rings. The minimum absolute atomic E-state index is 0.0585. The van der Waals surface area contributed by atoms with E-state index in [9.17, 15) is 9.18 Å². The van der Waals surface area contributed by atoms with E-state index in [2.05, 4.69) is 0 Å². The van der Waals surface area contributed by atoms with Gasteiger partial charge in [0, 0.05) is 18.5 Å². The molecule has 0 saturated heterocycles. The number of carbonyl (C=O) groups excluding carboxylic acids is 1. The fraction of sp³-hybridized carbons (Fsp3) is 0.188. The summed E-state index contributed by atoms with van der Waals surface area (Å²) in [6.45, 7) is 0.601. The molecule has 0 aliphatic heterocycles. The van der Waals surface area contributed by atoms with Crippen molar-refractivity contribution >= 4 is 17.7 Å². The summed E-state index contributed by atoms with van der Waals surface area (Å²) >= 11 is 1.42. The molecular formula is C16H16FNOS. The molecule has 0 aliphatic rings. The van der Waals surface area contributed by atoms with Gasteiger partial charge in [-0.1, -0.05) is 30.3 Å². The van der Waals surface area contributed by atoms with Crippen molar-refractivity contribution < 1.29 is 9.18 Å². The lowest BCUT2D eigenvalue weighted by atomic mass is 10.2. The molecule has 0 N–H and O–H groups in total. The van der Waals surface area contributed by atoms with Gasteiger partial charge in [-0.3, -0.25) is 4.79 Å². The highest BCUT2D eigenvalue weighted by Crippen LogP contribution is 2.18. The first-order chi connectivity index (χ1) is 9.65. The first kappa shape index (κ1) is 14.6. The highest BCUT2D eigenvalue weighted by molar-refractivity contribution is 8.00. The quantitative estimate of drug-likeness (QED) is 0.784. The van der Waals surface area contributed by atoms with E-state index >= 15 is 0 Å². The first-order valence-electron chi connectivity index (χ1n) is 6.31. The molecule has 2 aromatic carbocycles. The minimum atomic E-state index is -0.262. The predicted octanol–water partition coefficient (Wildman–Crippen LogP) is 3.58. The lowest BCUT2D eigenvalue weighted by molar-refractivity contribution is -0.127. The van der Waals surface area contributed by atoms with Gasteiger partial charge in [-0.25, -0.2) is 4.39 Å². The van der Waals surface area contributed by atoms with Crippen LogP contribution in [-0.4, -0.2) is 23.6 Å². The monoisotopic (exact) mass is 289 g/mol. The number of rotatable bonds is 5. The number of carbonyl (C=O) groups is 1. The largest absolute Gasteiger partial charge is 0.341 e. The van der Waals surface area contributed by atoms with Crippen molar-refractivity contribution in [3.8, 4) is 0 Å². The highest BCUT2D eigenvalue weighted by atomic mass is 32.2. The lowest BCUT2D eigenvalue weighted by Gasteiger charge is -2.17. The van der Waals surface area contributed by atoms with E-state index in [1.54, 1.807) is 24.1 Å². The van der Waals surface area contributed by atoms with E-state index in [1.165, 1.54) is 23.9 Å². The number of nitrogens with zero attached hydrogens (tertiary/aromatic N) is 1. The number of hydrogen-bond donors (Lipinski definition) is 0. The summed E-state index contributed by atoms with van der Waals surface area (Å²) in [6, 6.07) is 16.0. The summed E-state index contributed by atoms with van der Waals surface area (Å²) in [5.74, 6) is 0.152. The highest BCUT2D eigenvalue weighted by Gasteiger charge is 2.09. The summed E-state index contributed by atoms with van der Waals surface area (Å²) in [4.78, 5) is 14.6. The third-order valence-corrected chi connectivity index (χ3v) is 3.86. The summed E-state index contributed by atoms with van der Waals surface area (Å²) in [7, 11) is 1.79. The number of hydrogen-bond acceptors (Lipinski definition) is 2. The Balaban J connectivity index is 1.83. The molecule has 20 heavy (non-hydrogen) atoms. The van der Waals surface area contributed by atoms with Crippen LogP contribution in [0.25, 0.3) is 0 Å². The minimum Gasteiger partial charge on any atom is -0.341 e. The molecule has 0 spiro atoms. The zero-order valence-electron chi connectivity index (χ0n) is 11.3. The van der Waals surface area contributed by atoms with Crippen LogP contribution in [0.3, 0.4) is 0 Å². The molecule has 0 atom stereocenters. The Morgan fingerprint density at radius 1 is 1.10 bits per heavy atom. The number of halogens is 1. The molecule has 104 valence electrons. The predicted molar refractivity (Wildman–Crippen MR) is 80.0 cm³/mol. The Bertz CT molecular complexity index is 556. The van der Waals surface area contributed by atoms with Crippen LogP contribution in [0, 0.1) is 5.82 Å². The van der Waals surface area contributed by atoms with E-state index in [0.29, 0.717) is 12.3 Å². The summed E-state index contributed by atoms with van der Waals surface area (Å²) in [5, 5.41) is 0. The van der Waals surface area contributed by atoms with Gasteiger partial charge < -0.3 is 4.90 Å². The maximum Gasteiger partial charge on any atom is 0.232 e. The van der Waals surface area contributed by atoms with Crippen molar-refractivity contribution in [1.82, 2.24) is 4.90 Å². The lowest BCUT2D eigenvalue weighted by Crippen LogP contribution is -2.27. The second-order valence-electron chi connectivity index (χ2n) is 4.48. The van der Waals surface area contributed by atoms with E-state index in [0.717, 1.165) is 10.5 Å². The zero-order valence-corrected chi connectivity index (χ0v) is 12.1. The van der Waals surface area contributed by atoms with E-state index in [-0.39, 0.29) is 11.7 Å². The topological polar surface area (TPSA) is 20.3 Å². The van der Waals surface area contributed by atoms with Crippen LogP contribution < -0.4 is 0 Å². The fourth-order valence-corrected chi connectivity index (χ4v) is 2.57. The molecule has 0 radical (unpaired) electrons. The summed E-state index contributed by atoms with van der Waals surface area (Å²) < 4.78 is 12.8. The average molecular weight is 289 g/mol. The van der Waals surface area contributed by atoms with Crippen molar-refractivity contribution in [2.45, 2.75) is 11.4 Å². The molecule has 0 bridgehead atoms. The van der Waals surface area contributed by atoms with Crippen molar-refractivity contribution in [2.24, 2.45) is 0 Å². The zero-order chi connectivity index (χ0) is 14.4. The number of benzene rings is 2. The van der Waals surface area contributed by atoms with Crippen LogP contribution in [-0.2, 0) is 11.3 Å². The van der Waals surface area contributed by atoms with Gasteiger partial charge in [0.15, 0.2) is 0 Å². The molecule has 0 unspecified atom stereocenters. The smallest absolute Gasteiger partial charge is 0.232 e. The van der Waals surface area contributed by atoms with E-state index in [4.69, 9.17) is 0 Å². The van der Waals surface area contributed by atoms with Crippen LogP contribution in [0.15, 0.2) is 59.5 Å². The Morgan fingerprint density at radius 3 is 2.40 bits per heavy atom. The fourth-order valence-electron chi connectivity index (χ4n) is 1.73. The van der Waals surface area contributed by atoms with Gasteiger partial charge in [0.05, 0.1) is 5.75 Å². The third kappa shape index (κ3) is 4.38. The molecular weight excluding hydrogens is 273 g/mol. The van der Waals surface area contributed by atoms with E-state index < -0.39 is 0 Å². The number of thioether (sulfide) groups is 1. The van der Waals surface area contributed by atoms with Crippen LogP contribution in [0.2, 0.25) is 0 Å². The van der Waals surface area contributed by atoms with Gasteiger partial charge >= 0.3 is 0 Å². The molecule has 4 heteroatoms.